The number of aromatic amines is 1. The summed E-state index contributed by atoms with van der Waals surface area (Å²) in [6.45, 7) is 8.18. The zero-order valence-electron chi connectivity index (χ0n) is 22.7. The van der Waals surface area contributed by atoms with E-state index in [0.717, 1.165) is 64.0 Å². The molecule has 40 heavy (non-hydrogen) atoms. The number of nitrogens with one attached hydrogen (secondary N) is 1. The first-order chi connectivity index (χ1) is 18.9. The quantitative estimate of drug-likeness (QED) is 0.262. The Labute approximate surface area is 255 Å². The fourth-order valence-electron chi connectivity index (χ4n) is 4.91. The monoisotopic (exact) mass is 544 g/mol. The van der Waals surface area contributed by atoms with Crippen LogP contribution in [0, 0.1) is 20.8 Å². The van der Waals surface area contributed by atoms with E-state index >= 15 is 0 Å². The first kappa shape index (κ1) is 29.5. The van der Waals surface area contributed by atoms with E-state index in [2.05, 4.69) is 37.0 Å². The zero-order valence-corrected chi connectivity index (χ0v) is 22.7. The summed E-state index contributed by atoms with van der Waals surface area (Å²) in [4.78, 5) is 33.0. The van der Waals surface area contributed by atoms with Crippen molar-refractivity contribution >= 4 is 29.6 Å². The van der Waals surface area contributed by atoms with Crippen LogP contribution in [-0.2, 0) is 12.8 Å². The molecule has 3 aromatic carbocycles. The third-order valence-electron chi connectivity index (χ3n) is 7.21. The van der Waals surface area contributed by atoms with E-state index in [1.165, 1.54) is 5.56 Å². The minimum atomic E-state index is -0.591. The van der Waals surface area contributed by atoms with Gasteiger partial charge < -0.3 is 0 Å². The molecule has 5 aromatic rings. The van der Waals surface area contributed by atoms with Gasteiger partial charge in [-0.05, 0) is 73.6 Å². The molecule has 8 heteroatoms. The van der Waals surface area contributed by atoms with E-state index in [1.54, 1.807) is 4.57 Å². The Morgan fingerprint density at radius 2 is 1.62 bits per heavy atom. The molecule has 0 bridgehead atoms. The molecule has 0 unspecified atom stereocenters. The molecule has 2 heterocycles. The van der Waals surface area contributed by atoms with Gasteiger partial charge in [-0.3, -0.25) is 18.9 Å². The standard InChI is InChI=1S/C32H32N4O3.Na.H/c1-5-6-11-29-28(31(37)36(22(4)33-29)25-17-12-20(2)21(3)18-25)19-23-13-15-24(16-14-23)26-9-7-8-10-27(26)30-34-32(38)39-35-30;;/h7-10,12-18H,5-6,11,19H2,1-4H3,(H,34,35,38);;. The first-order valence-electron chi connectivity index (χ1n) is 13.3. The molecule has 0 aliphatic carbocycles. The molecule has 5 rings (SSSR count). The van der Waals surface area contributed by atoms with Crippen molar-refractivity contribution in [1.29, 1.82) is 0 Å². The third kappa shape index (κ3) is 6.12. The molecule has 0 fully saturated rings. The molecule has 0 spiro atoms. The number of hydrogen-bond donors (Lipinski definition) is 1. The molecule has 2 aromatic heterocycles. The molecule has 0 radical (unpaired) electrons. The topological polar surface area (TPSA) is 93.8 Å². The Morgan fingerprint density at radius 1 is 0.900 bits per heavy atom. The normalized spacial score (nSPS) is 10.9. The second-order valence-electron chi connectivity index (χ2n) is 9.96. The molecule has 0 amide bonds. The van der Waals surface area contributed by atoms with Gasteiger partial charge in [0.2, 0.25) is 0 Å². The van der Waals surface area contributed by atoms with Crippen molar-refractivity contribution in [3.63, 3.8) is 0 Å². The number of unbranched alkanes of at least 4 members (excludes halogenated alkanes) is 1. The van der Waals surface area contributed by atoms with Crippen LogP contribution in [0.3, 0.4) is 0 Å². The van der Waals surface area contributed by atoms with Crippen molar-refractivity contribution in [1.82, 2.24) is 19.7 Å². The van der Waals surface area contributed by atoms with Crippen LogP contribution in [-0.4, -0.2) is 49.2 Å². The van der Waals surface area contributed by atoms with Crippen molar-refractivity contribution in [2.45, 2.75) is 53.4 Å². The summed E-state index contributed by atoms with van der Waals surface area (Å²) in [7, 11) is 0. The van der Waals surface area contributed by atoms with Gasteiger partial charge in [0.15, 0.2) is 5.82 Å². The molecule has 0 aliphatic heterocycles. The van der Waals surface area contributed by atoms with Crippen LogP contribution in [0.15, 0.2) is 80.8 Å². The molecule has 0 saturated carbocycles. The summed E-state index contributed by atoms with van der Waals surface area (Å²) < 4.78 is 6.45. The van der Waals surface area contributed by atoms with Gasteiger partial charge in [-0.15, -0.1) is 0 Å². The predicted molar refractivity (Wildman–Crippen MR) is 161 cm³/mol. The number of benzene rings is 3. The number of aromatic nitrogens is 4. The second-order valence-corrected chi connectivity index (χ2v) is 9.96. The van der Waals surface area contributed by atoms with Gasteiger partial charge in [0, 0.05) is 17.5 Å². The maximum absolute atomic E-state index is 13.9. The van der Waals surface area contributed by atoms with E-state index < -0.39 is 5.76 Å². The Balaban J connectivity index is 0.00000370. The van der Waals surface area contributed by atoms with Gasteiger partial charge in [-0.1, -0.05) is 73.1 Å². The average Bonchev–Trinajstić information content (AvgIpc) is 3.37. The Morgan fingerprint density at radius 3 is 2.27 bits per heavy atom. The molecular weight excluding hydrogens is 511 g/mol. The Bertz CT molecular complexity index is 1750. The number of hydrogen-bond acceptors (Lipinski definition) is 5. The fourth-order valence-corrected chi connectivity index (χ4v) is 4.91. The number of nitrogens with zero attached hydrogens (tertiary/aromatic N) is 3. The third-order valence-corrected chi connectivity index (χ3v) is 7.21. The summed E-state index contributed by atoms with van der Waals surface area (Å²) >= 11 is 0. The van der Waals surface area contributed by atoms with E-state index in [0.29, 0.717) is 18.1 Å². The van der Waals surface area contributed by atoms with Gasteiger partial charge in [-0.2, -0.15) is 0 Å². The maximum atomic E-state index is 13.9. The van der Waals surface area contributed by atoms with Crippen LogP contribution in [0.1, 0.15) is 53.5 Å². The molecule has 0 atom stereocenters. The summed E-state index contributed by atoms with van der Waals surface area (Å²) in [5.41, 5.74) is 8.47. The van der Waals surface area contributed by atoms with Crippen LogP contribution in [0.4, 0.5) is 0 Å². The van der Waals surface area contributed by atoms with Crippen LogP contribution >= 0.6 is 0 Å². The molecule has 1 N–H and O–H groups in total. The zero-order chi connectivity index (χ0) is 27.5. The van der Waals surface area contributed by atoms with Gasteiger partial charge in [0.1, 0.15) is 5.82 Å². The Hall–Kier alpha value is -3.52. The predicted octanol–water partition coefficient (Wildman–Crippen LogP) is 5.45. The van der Waals surface area contributed by atoms with E-state index in [-0.39, 0.29) is 35.1 Å². The minimum absolute atomic E-state index is 0. The molecular formula is C32H33N4NaO3. The molecule has 200 valence electrons. The summed E-state index contributed by atoms with van der Waals surface area (Å²) in [6.07, 6.45) is 3.28. The molecule has 0 aliphatic rings. The van der Waals surface area contributed by atoms with Crippen molar-refractivity contribution in [2.75, 3.05) is 0 Å². The summed E-state index contributed by atoms with van der Waals surface area (Å²) in [6, 6.07) is 21.9. The van der Waals surface area contributed by atoms with E-state index in [1.807, 2.05) is 67.6 Å². The summed E-state index contributed by atoms with van der Waals surface area (Å²) in [5.74, 6) is 0.501. The van der Waals surface area contributed by atoms with Crippen molar-refractivity contribution in [3.05, 3.63) is 121 Å². The summed E-state index contributed by atoms with van der Waals surface area (Å²) in [5, 5.41) is 3.85. The van der Waals surface area contributed by atoms with Crippen LogP contribution in [0.2, 0.25) is 0 Å². The Kier molecular flexibility index (Phi) is 9.40. The van der Waals surface area contributed by atoms with Gasteiger partial charge >= 0.3 is 35.3 Å². The van der Waals surface area contributed by atoms with Crippen molar-refractivity contribution in [3.8, 4) is 28.2 Å². The van der Waals surface area contributed by atoms with Gasteiger partial charge in [0.25, 0.3) is 5.56 Å². The number of H-pyrrole nitrogens is 1. The van der Waals surface area contributed by atoms with Gasteiger partial charge in [-0.25, -0.2) is 9.78 Å². The molecule has 7 nitrogen and oxygen atoms in total. The van der Waals surface area contributed by atoms with E-state index in [9.17, 15) is 9.59 Å². The van der Waals surface area contributed by atoms with Gasteiger partial charge in [0.05, 0.1) is 11.4 Å². The van der Waals surface area contributed by atoms with Crippen molar-refractivity contribution in [2.24, 2.45) is 0 Å². The number of aryl methyl sites for hydroxylation is 4. The fraction of sp³-hybridized carbons (Fsp3) is 0.250. The average molecular weight is 545 g/mol. The van der Waals surface area contributed by atoms with E-state index in [4.69, 9.17) is 9.51 Å². The SMILES string of the molecule is CCCCc1nc(C)n(-c2ccc(C)c(C)c2)c(=O)c1Cc1ccc(-c2ccccc2-c2noc(=O)[nH]2)cc1.[NaH]. The second kappa shape index (κ2) is 12.8. The first-order valence-corrected chi connectivity index (χ1v) is 13.3. The van der Waals surface area contributed by atoms with Crippen LogP contribution < -0.4 is 11.3 Å². The van der Waals surface area contributed by atoms with Crippen LogP contribution in [0.5, 0.6) is 0 Å². The number of rotatable bonds is 8. The van der Waals surface area contributed by atoms with Crippen LogP contribution in [0.25, 0.3) is 28.2 Å². The van der Waals surface area contributed by atoms with Crippen molar-refractivity contribution < 1.29 is 4.52 Å². The molecule has 0 saturated heterocycles.